The molecule has 0 bridgehead atoms. The van der Waals surface area contributed by atoms with E-state index in [1.165, 1.54) is 12.4 Å². The van der Waals surface area contributed by atoms with Gasteiger partial charge in [-0.15, -0.1) is 0 Å². The molecule has 0 saturated heterocycles. The van der Waals surface area contributed by atoms with Gasteiger partial charge in [0.2, 0.25) is 0 Å². The van der Waals surface area contributed by atoms with Crippen LogP contribution in [0.25, 0.3) is 5.95 Å². The van der Waals surface area contributed by atoms with Crippen molar-refractivity contribution in [3.05, 3.63) is 35.9 Å². The summed E-state index contributed by atoms with van der Waals surface area (Å²) in [4.78, 5) is 18.4. The lowest BCUT2D eigenvalue weighted by molar-refractivity contribution is -0.141. The van der Waals surface area contributed by atoms with Crippen LogP contribution in [0, 0.1) is 0 Å². The van der Waals surface area contributed by atoms with E-state index in [-0.39, 0.29) is 18.1 Å². The Hall–Kier alpha value is -2.45. The number of esters is 1. The molecule has 0 aliphatic heterocycles. The molecule has 0 spiro atoms. The van der Waals surface area contributed by atoms with Crippen LogP contribution >= 0.6 is 0 Å². The fourth-order valence-electron chi connectivity index (χ4n) is 1.37. The van der Waals surface area contributed by atoms with Crippen molar-refractivity contribution in [3.63, 3.8) is 0 Å². The molecule has 0 aliphatic carbocycles. The van der Waals surface area contributed by atoms with Crippen molar-refractivity contribution in [1.29, 1.82) is 0 Å². The Labute approximate surface area is 111 Å². The van der Waals surface area contributed by atoms with Crippen molar-refractivity contribution in [2.45, 2.75) is 13.1 Å². The van der Waals surface area contributed by atoms with E-state index >= 15 is 0 Å². The normalized spacial score (nSPS) is 11.4. The highest BCUT2D eigenvalue weighted by molar-refractivity contribution is 5.88. The summed E-state index contributed by atoms with van der Waals surface area (Å²) in [5, 5.41) is 3.74. The molecular formula is C11H9F3N4O2. The minimum absolute atomic E-state index is 0.105. The zero-order chi connectivity index (χ0) is 14.8. The number of alkyl halides is 3. The number of ether oxygens (including phenoxy) is 1. The predicted octanol–water partition coefficient (Wildman–Crippen LogP) is 1.86. The van der Waals surface area contributed by atoms with Gasteiger partial charge in [0.1, 0.15) is 5.69 Å². The highest BCUT2D eigenvalue weighted by Gasteiger charge is 2.33. The number of aromatic nitrogens is 4. The number of hydrogen-bond acceptors (Lipinski definition) is 5. The molecule has 0 radical (unpaired) electrons. The summed E-state index contributed by atoms with van der Waals surface area (Å²) in [5.41, 5.74) is -0.983. The number of nitrogens with zero attached hydrogens (tertiary/aromatic N) is 4. The van der Waals surface area contributed by atoms with Crippen LogP contribution in [0.2, 0.25) is 0 Å². The highest BCUT2D eigenvalue weighted by Crippen LogP contribution is 2.27. The second-order valence-electron chi connectivity index (χ2n) is 3.63. The van der Waals surface area contributed by atoms with E-state index in [9.17, 15) is 18.0 Å². The summed E-state index contributed by atoms with van der Waals surface area (Å²) in [7, 11) is 0. The van der Waals surface area contributed by atoms with Crippen molar-refractivity contribution < 1.29 is 22.7 Å². The molecule has 0 atom stereocenters. The maximum atomic E-state index is 12.5. The fraction of sp³-hybridized carbons (Fsp3) is 0.273. The fourth-order valence-corrected chi connectivity index (χ4v) is 1.37. The van der Waals surface area contributed by atoms with E-state index in [0.29, 0.717) is 0 Å². The van der Waals surface area contributed by atoms with Crippen molar-refractivity contribution >= 4 is 5.97 Å². The van der Waals surface area contributed by atoms with Crippen LogP contribution < -0.4 is 0 Å². The maximum Gasteiger partial charge on any atom is 0.433 e. The first-order valence-electron chi connectivity index (χ1n) is 5.54. The molecule has 2 aromatic rings. The van der Waals surface area contributed by atoms with Gasteiger partial charge in [-0.05, 0) is 13.0 Å². The lowest BCUT2D eigenvalue weighted by Crippen LogP contribution is -2.11. The Morgan fingerprint density at radius 1 is 1.45 bits per heavy atom. The maximum absolute atomic E-state index is 12.5. The van der Waals surface area contributed by atoms with Crippen molar-refractivity contribution in [1.82, 2.24) is 19.7 Å². The zero-order valence-corrected chi connectivity index (χ0v) is 10.3. The molecule has 0 fully saturated rings. The Morgan fingerprint density at radius 2 is 2.20 bits per heavy atom. The van der Waals surface area contributed by atoms with Crippen LogP contribution in [0.1, 0.15) is 23.0 Å². The Balaban J connectivity index is 2.31. The van der Waals surface area contributed by atoms with Crippen molar-refractivity contribution in [2.75, 3.05) is 6.61 Å². The van der Waals surface area contributed by atoms with Crippen LogP contribution in [0.3, 0.4) is 0 Å². The summed E-state index contributed by atoms with van der Waals surface area (Å²) >= 11 is 0. The Bertz CT molecular complexity index is 624. The van der Waals surface area contributed by atoms with Gasteiger partial charge in [0.15, 0.2) is 0 Å². The molecule has 0 unspecified atom stereocenters. The second-order valence-corrected chi connectivity index (χ2v) is 3.63. The Kier molecular flexibility index (Phi) is 3.68. The largest absolute Gasteiger partial charge is 0.462 e. The molecular weight excluding hydrogens is 277 g/mol. The van der Waals surface area contributed by atoms with Crippen LogP contribution in [0.4, 0.5) is 13.2 Å². The first kappa shape index (κ1) is 14.0. The second kappa shape index (κ2) is 5.27. The first-order valence-corrected chi connectivity index (χ1v) is 5.54. The van der Waals surface area contributed by atoms with Crippen LogP contribution in [-0.4, -0.2) is 32.3 Å². The molecule has 0 amide bonds. The monoisotopic (exact) mass is 286 g/mol. The molecule has 0 saturated carbocycles. The molecule has 0 aromatic carbocycles. The van der Waals surface area contributed by atoms with Crippen molar-refractivity contribution in [2.24, 2.45) is 0 Å². The van der Waals surface area contributed by atoms with E-state index in [2.05, 4.69) is 15.1 Å². The van der Waals surface area contributed by atoms with E-state index in [1.54, 1.807) is 6.92 Å². The van der Waals surface area contributed by atoms with E-state index in [4.69, 9.17) is 4.74 Å². The molecule has 106 valence electrons. The van der Waals surface area contributed by atoms with E-state index in [0.717, 1.165) is 16.9 Å². The smallest absolute Gasteiger partial charge is 0.433 e. The number of carbonyl (C=O) groups excluding carboxylic acids is 1. The number of halogens is 3. The average molecular weight is 286 g/mol. The van der Waals surface area contributed by atoms with Gasteiger partial charge in [-0.25, -0.2) is 19.4 Å². The quantitative estimate of drug-likeness (QED) is 0.805. The third-order valence-electron chi connectivity index (χ3n) is 2.23. The first-order chi connectivity index (χ1) is 9.41. The molecule has 2 aromatic heterocycles. The van der Waals surface area contributed by atoms with Gasteiger partial charge in [-0.2, -0.15) is 18.3 Å². The minimum atomic E-state index is -4.57. The predicted molar refractivity (Wildman–Crippen MR) is 60.1 cm³/mol. The van der Waals surface area contributed by atoms with Gasteiger partial charge in [-0.1, -0.05) is 0 Å². The van der Waals surface area contributed by atoms with Gasteiger partial charge in [0, 0.05) is 12.4 Å². The summed E-state index contributed by atoms with van der Waals surface area (Å²) < 4.78 is 43.3. The van der Waals surface area contributed by atoms with Gasteiger partial charge in [0.25, 0.3) is 5.95 Å². The molecule has 6 nitrogen and oxygen atoms in total. The van der Waals surface area contributed by atoms with Crippen LogP contribution in [0.15, 0.2) is 24.7 Å². The molecule has 2 heterocycles. The number of rotatable bonds is 3. The van der Waals surface area contributed by atoms with E-state index in [1.807, 2.05) is 0 Å². The topological polar surface area (TPSA) is 69.9 Å². The summed E-state index contributed by atoms with van der Waals surface area (Å²) in [5.74, 6) is -0.902. The molecule has 0 aliphatic rings. The highest BCUT2D eigenvalue weighted by atomic mass is 19.4. The lowest BCUT2D eigenvalue weighted by atomic mass is 10.4. The van der Waals surface area contributed by atoms with E-state index < -0.39 is 17.8 Å². The Morgan fingerprint density at radius 3 is 2.85 bits per heavy atom. The zero-order valence-electron chi connectivity index (χ0n) is 10.3. The summed E-state index contributed by atoms with van der Waals surface area (Å²) in [6.07, 6.45) is -1.24. The molecule has 20 heavy (non-hydrogen) atoms. The summed E-state index contributed by atoms with van der Waals surface area (Å²) in [6, 6.07) is 0.749. The summed E-state index contributed by atoms with van der Waals surface area (Å²) in [6.45, 7) is 1.82. The van der Waals surface area contributed by atoms with Crippen LogP contribution in [0.5, 0.6) is 0 Å². The third kappa shape index (κ3) is 2.92. The SMILES string of the molecule is CCOC(=O)c1cnn(-c2nccc(C(F)(F)F)n2)c1. The number of carbonyl (C=O) groups is 1. The standard InChI is InChI=1S/C11H9F3N4O2/c1-2-20-9(19)7-5-16-18(6-7)10-15-4-3-8(17-10)11(12,13)14/h3-6H,2H2,1H3. The van der Waals surface area contributed by atoms with Gasteiger partial charge < -0.3 is 4.74 Å². The molecule has 2 rings (SSSR count). The molecule has 9 heteroatoms. The average Bonchev–Trinajstić information content (AvgIpc) is 2.88. The number of hydrogen-bond donors (Lipinski definition) is 0. The van der Waals surface area contributed by atoms with Crippen molar-refractivity contribution in [3.8, 4) is 5.95 Å². The van der Waals surface area contributed by atoms with Gasteiger partial charge >= 0.3 is 12.1 Å². The van der Waals surface area contributed by atoms with Crippen LogP contribution in [-0.2, 0) is 10.9 Å². The minimum Gasteiger partial charge on any atom is -0.462 e. The van der Waals surface area contributed by atoms with Gasteiger partial charge in [-0.3, -0.25) is 0 Å². The molecule has 0 N–H and O–H groups in total. The van der Waals surface area contributed by atoms with Gasteiger partial charge in [0.05, 0.1) is 18.4 Å². The third-order valence-corrected chi connectivity index (χ3v) is 2.23. The lowest BCUT2D eigenvalue weighted by Gasteiger charge is -2.06.